The van der Waals surface area contributed by atoms with E-state index in [0.717, 1.165) is 12.8 Å². The van der Waals surface area contributed by atoms with E-state index in [1.165, 1.54) is 6.07 Å². The van der Waals surface area contributed by atoms with Crippen molar-refractivity contribution in [3.05, 3.63) is 17.9 Å². The van der Waals surface area contributed by atoms with Gasteiger partial charge in [-0.15, -0.1) is 0 Å². The molecule has 2 rings (SSSR count). The second kappa shape index (κ2) is 5.26. The quantitative estimate of drug-likeness (QED) is 0.802. The Kier molecular flexibility index (Phi) is 4.03. The molecule has 108 valence electrons. The number of rotatable bonds is 7. The smallest absolute Gasteiger partial charge is 0.273 e. The first-order valence-corrected chi connectivity index (χ1v) is 8.11. The van der Waals surface area contributed by atoms with Crippen molar-refractivity contribution in [3.63, 3.8) is 0 Å². The summed E-state index contributed by atoms with van der Waals surface area (Å²) >= 11 is 0. The predicted molar refractivity (Wildman–Crippen MR) is 73.2 cm³/mol. The normalized spacial score (nSPS) is 17.9. The highest BCUT2D eigenvalue weighted by Gasteiger charge is 2.38. The van der Waals surface area contributed by atoms with Gasteiger partial charge in [0.15, 0.2) is 0 Å². The Labute approximate surface area is 114 Å². The number of hydrogen-bond donors (Lipinski definition) is 2. The van der Waals surface area contributed by atoms with E-state index in [2.05, 4.69) is 17.0 Å². The van der Waals surface area contributed by atoms with Crippen LogP contribution in [0.3, 0.4) is 0 Å². The summed E-state index contributed by atoms with van der Waals surface area (Å²) in [6.45, 7) is 7.15. The van der Waals surface area contributed by atoms with E-state index in [1.54, 1.807) is 6.07 Å². The maximum absolute atomic E-state index is 12.0. The van der Waals surface area contributed by atoms with Crippen LogP contribution in [0.2, 0.25) is 0 Å². The molecule has 1 aliphatic carbocycles. The Hall–Kier alpha value is -0.850. The molecule has 1 aromatic rings. The van der Waals surface area contributed by atoms with Crippen LogP contribution in [0.1, 0.15) is 39.4 Å². The summed E-state index contributed by atoms with van der Waals surface area (Å²) in [7, 11) is -3.52. The Balaban J connectivity index is 1.96. The average Bonchev–Trinajstić information content (AvgIpc) is 2.89. The molecule has 1 aliphatic rings. The predicted octanol–water partition coefficient (Wildman–Crippen LogP) is 1.86. The van der Waals surface area contributed by atoms with Crippen LogP contribution in [0.15, 0.2) is 21.6 Å². The lowest BCUT2D eigenvalue weighted by Gasteiger charge is -2.09. The van der Waals surface area contributed by atoms with Crippen molar-refractivity contribution >= 4 is 10.0 Å². The first kappa shape index (κ1) is 14.6. The molecule has 0 saturated heterocycles. The highest BCUT2D eigenvalue weighted by atomic mass is 32.2. The fourth-order valence-corrected chi connectivity index (χ4v) is 2.78. The molecule has 1 saturated carbocycles. The third-order valence-electron chi connectivity index (χ3n) is 3.38. The first-order chi connectivity index (χ1) is 8.81. The SMILES string of the molecule is CC(C)NCc1ccc(S(=O)(=O)NCC2(C)CC2)o1. The molecule has 0 bridgehead atoms. The maximum Gasteiger partial charge on any atom is 0.273 e. The summed E-state index contributed by atoms with van der Waals surface area (Å²) < 4.78 is 32.1. The van der Waals surface area contributed by atoms with Crippen molar-refractivity contribution in [3.8, 4) is 0 Å². The molecule has 0 aliphatic heterocycles. The molecule has 1 heterocycles. The van der Waals surface area contributed by atoms with Gasteiger partial charge in [0.1, 0.15) is 5.76 Å². The van der Waals surface area contributed by atoms with Crippen LogP contribution in [-0.4, -0.2) is 21.0 Å². The fraction of sp³-hybridized carbons (Fsp3) is 0.692. The summed E-state index contributed by atoms with van der Waals surface area (Å²) in [5.41, 5.74) is 0.141. The molecule has 0 atom stereocenters. The van der Waals surface area contributed by atoms with Crippen LogP contribution in [0.4, 0.5) is 0 Å². The molecule has 0 unspecified atom stereocenters. The molecular weight excluding hydrogens is 264 g/mol. The van der Waals surface area contributed by atoms with Gasteiger partial charge in [-0.2, -0.15) is 0 Å². The molecule has 1 fully saturated rings. The number of furan rings is 1. The van der Waals surface area contributed by atoms with Crippen LogP contribution in [-0.2, 0) is 16.6 Å². The number of sulfonamides is 1. The van der Waals surface area contributed by atoms with Gasteiger partial charge in [0, 0.05) is 12.6 Å². The molecule has 5 nitrogen and oxygen atoms in total. The number of nitrogens with one attached hydrogen (secondary N) is 2. The van der Waals surface area contributed by atoms with Crippen molar-refractivity contribution in [1.29, 1.82) is 0 Å². The van der Waals surface area contributed by atoms with Gasteiger partial charge in [-0.3, -0.25) is 0 Å². The summed E-state index contributed by atoms with van der Waals surface area (Å²) in [6.07, 6.45) is 2.16. The van der Waals surface area contributed by atoms with E-state index in [0.29, 0.717) is 24.9 Å². The molecule has 0 spiro atoms. The van der Waals surface area contributed by atoms with E-state index in [-0.39, 0.29) is 10.5 Å². The molecule has 6 heteroatoms. The monoisotopic (exact) mass is 286 g/mol. The number of hydrogen-bond acceptors (Lipinski definition) is 4. The van der Waals surface area contributed by atoms with Gasteiger partial charge < -0.3 is 9.73 Å². The van der Waals surface area contributed by atoms with Crippen molar-refractivity contribution in [2.24, 2.45) is 5.41 Å². The highest BCUT2D eigenvalue weighted by molar-refractivity contribution is 7.89. The van der Waals surface area contributed by atoms with Gasteiger partial charge >= 0.3 is 0 Å². The standard InChI is InChI=1S/C13H22N2O3S/c1-10(2)14-8-11-4-5-12(18-11)19(16,17)15-9-13(3)6-7-13/h4-5,10,14-15H,6-9H2,1-3H3. The molecule has 0 amide bonds. The van der Waals surface area contributed by atoms with Crippen LogP contribution in [0.25, 0.3) is 0 Å². The van der Waals surface area contributed by atoms with Gasteiger partial charge in [-0.25, -0.2) is 13.1 Å². The Bertz CT molecular complexity index is 530. The lowest BCUT2D eigenvalue weighted by atomic mass is 10.2. The maximum atomic E-state index is 12.0. The van der Waals surface area contributed by atoms with Crippen molar-refractivity contribution < 1.29 is 12.8 Å². The molecule has 0 radical (unpaired) electrons. The summed E-state index contributed by atoms with van der Waals surface area (Å²) in [5.74, 6) is 0.631. The van der Waals surface area contributed by atoms with Crippen LogP contribution < -0.4 is 10.0 Å². The summed E-state index contributed by atoms with van der Waals surface area (Å²) in [5, 5.41) is 3.18. The zero-order valence-electron chi connectivity index (χ0n) is 11.7. The third kappa shape index (κ3) is 4.06. The Morgan fingerprint density at radius 2 is 2.05 bits per heavy atom. The van der Waals surface area contributed by atoms with Crippen LogP contribution in [0.5, 0.6) is 0 Å². The highest BCUT2D eigenvalue weighted by Crippen LogP contribution is 2.44. The second-order valence-electron chi connectivity index (χ2n) is 5.89. The summed E-state index contributed by atoms with van der Waals surface area (Å²) in [6, 6.07) is 3.54. The molecule has 0 aromatic carbocycles. The topological polar surface area (TPSA) is 71.3 Å². The van der Waals surface area contributed by atoms with Crippen molar-refractivity contribution in [2.75, 3.05) is 6.54 Å². The Morgan fingerprint density at radius 1 is 1.37 bits per heavy atom. The van der Waals surface area contributed by atoms with Crippen molar-refractivity contribution in [2.45, 2.75) is 51.3 Å². The lowest BCUT2D eigenvalue weighted by Crippen LogP contribution is -2.28. The van der Waals surface area contributed by atoms with E-state index in [4.69, 9.17) is 4.42 Å². The van der Waals surface area contributed by atoms with E-state index < -0.39 is 10.0 Å². The first-order valence-electron chi connectivity index (χ1n) is 6.63. The molecular formula is C13H22N2O3S. The minimum atomic E-state index is -3.52. The lowest BCUT2D eigenvalue weighted by molar-refractivity contribution is 0.391. The van der Waals surface area contributed by atoms with Gasteiger partial charge in [-0.05, 0) is 30.4 Å². The second-order valence-corrected chi connectivity index (χ2v) is 7.59. The third-order valence-corrected chi connectivity index (χ3v) is 4.65. The average molecular weight is 286 g/mol. The van der Waals surface area contributed by atoms with Gasteiger partial charge in [0.2, 0.25) is 5.09 Å². The fourth-order valence-electron chi connectivity index (χ4n) is 1.63. The molecule has 2 N–H and O–H groups in total. The molecule has 19 heavy (non-hydrogen) atoms. The zero-order valence-corrected chi connectivity index (χ0v) is 12.5. The minimum Gasteiger partial charge on any atom is -0.447 e. The summed E-state index contributed by atoms with van der Waals surface area (Å²) in [4.78, 5) is 0. The van der Waals surface area contributed by atoms with Gasteiger partial charge in [-0.1, -0.05) is 20.8 Å². The van der Waals surface area contributed by atoms with E-state index in [9.17, 15) is 8.42 Å². The zero-order chi connectivity index (χ0) is 14.1. The van der Waals surface area contributed by atoms with Gasteiger partial charge in [0.05, 0.1) is 6.54 Å². The van der Waals surface area contributed by atoms with Crippen LogP contribution in [0, 0.1) is 5.41 Å². The van der Waals surface area contributed by atoms with Gasteiger partial charge in [0.25, 0.3) is 10.0 Å². The Morgan fingerprint density at radius 3 is 2.63 bits per heavy atom. The van der Waals surface area contributed by atoms with E-state index >= 15 is 0 Å². The van der Waals surface area contributed by atoms with E-state index in [1.807, 2.05) is 13.8 Å². The minimum absolute atomic E-state index is 0.00249. The largest absolute Gasteiger partial charge is 0.447 e. The van der Waals surface area contributed by atoms with Crippen molar-refractivity contribution in [1.82, 2.24) is 10.0 Å². The van der Waals surface area contributed by atoms with Crippen LogP contribution >= 0.6 is 0 Å². The molecule has 1 aromatic heterocycles.